The molecule has 0 radical (unpaired) electrons. The predicted molar refractivity (Wildman–Crippen MR) is 137 cm³/mol. The van der Waals surface area contributed by atoms with Gasteiger partial charge >= 0.3 is 0 Å². The highest BCUT2D eigenvalue weighted by Crippen LogP contribution is 2.41. The van der Waals surface area contributed by atoms with Crippen LogP contribution in [-0.2, 0) is 16.0 Å². The van der Waals surface area contributed by atoms with E-state index >= 15 is 0 Å². The molecule has 1 amide bonds. The third-order valence-corrected chi connectivity index (χ3v) is 6.76. The van der Waals surface area contributed by atoms with Crippen LogP contribution in [0.4, 0.5) is 0 Å². The average molecular weight is 484 g/mol. The molecule has 0 bridgehead atoms. The Morgan fingerprint density at radius 2 is 1.64 bits per heavy atom. The maximum absolute atomic E-state index is 13.3. The highest BCUT2D eigenvalue weighted by Gasteiger charge is 2.45. The van der Waals surface area contributed by atoms with E-state index in [0.29, 0.717) is 49.2 Å². The van der Waals surface area contributed by atoms with Crippen LogP contribution in [0.2, 0.25) is 0 Å². The van der Waals surface area contributed by atoms with E-state index in [1.165, 1.54) is 0 Å². The van der Waals surface area contributed by atoms with Crippen molar-refractivity contribution in [2.24, 2.45) is 0 Å². The third-order valence-electron chi connectivity index (χ3n) is 6.76. The molecular weight excluding hydrogens is 454 g/mol. The van der Waals surface area contributed by atoms with Gasteiger partial charge in [0.2, 0.25) is 0 Å². The number of ketones is 1. The van der Waals surface area contributed by atoms with Gasteiger partial charge in [0, 0.05) is 12.1 Å². The summed E-state index contributed by atoms with van der Waals surface area (Å²) in [6.45, 7) is 5.44. The molecule has 5 rings (SSSR count). The fraction of sp³-hybridized carbons (Fsp3) is 0.267. The van der Waals surface area contributed by atoms with E-state index in [0.717, 1.165) is 16.7 Å². The normalized spacial score (nSPS) is 18.6. The molecular formula is C30H29NO5. The second-order valence-corrected chi connectivity index (χ2v) is 9.41. The number of fused-ring (bicyclic) bond motifs is 1. The summed E-state index contributed by atoms with van der Waals surface area (Å²) in [5, 5.41) is 11.4. The van der Waals surface area contributed by atoms with Gasteiger partial charge in [-0.2, -0.15) is 0 Å². The summed E-state index contributed by atoms with van der Waals surface area (Å²) in [5.74, 6) is -0.0774. The highest BCUT2D eigenvalue weighted by atomic mass is 16.6. The first kappa shape index (κ1) is 23.7. The molecule has 0 unspecified atom stereocenters. The molecule has 2 aliphatic heterocycles. The number of carbonyl (C=O) groups is 2. The van der Waals surface area contributed by atoms with Crippen LogP contribution < -0.4 is 9.47 Å². The minimum Gasteiger partial charge on any atom is -0.507 e. The number of Topliss-reactive ketones (excluding diaryl/α,β-unsaturated/α-hetero) is 1. The second-order valence-electron chi connectivity index (χ2n) is 9.41. The first-order valence-corrected chi connectivity index (χ1v) is 12.3. The van der Waals surface area contributed by atoms with Crippen molar-refractivity contribution < 1.29 is 24.2 Å². The van der Waals surface area contributed by atoms with E-state index in [4.69, 9.17) is 9.47 Å². The minimum absolute atomic E-state index is 0.0852. The van der Waals surface area contributed by atoms with Crippen LogP contribution in [0.15, 0.2) is 78.4 Å². The van der Waals surface area contributed by atoms with E-state index in [2.05, 4.69) is 13.8 Å². The zero-order valence-corrected chi connectivity index (χ0v) is 20.4. The molecule has 0 aromatic heterocycles. The molecule has 6 heteroatoms. The van der Waals surface area contributed by atoms with Crippen molar-refractivity contribution in [1.82, 2.24) is 4.90 Å². The predicted octanol–water partition coefficient (Wildman–Crippen LogP) is 5.25. The topological polar surface area (TPSA) is 76.1 Å². The maximum Gasteiger partial charge on any atom is 0.295 e. The average Bonchev–Trinajstić information content (AvgIpc) is 3.16. The van der Waals surface area contributed by atoms with Crippen LogP contribution in [-0.4, -0.2) is 41.5 Å². The number of aliphatic hydroxyl groups excluding tert-OH is 1. The Morgan fingerprint density at radius 3 is 2.33 bits per heavy atom. The van der Waals surface area contributed by atoms with E-state index < -0.39 is 17.7 Å². The molecule has 184 valence electrons. The quantitative estimate of drug-likeness (QED) is 0.295. The Bertz CT molecular complexity index is 1310. The molecule has 3 aromatic carbocycles. The van der Waals surface area contributed by atoms with Crippen LogP contribution in [0.3, 0.4) is 0 Å². The van der Waals surface area contributed by atoms with Gasteiger partial charge in [0.1, 0.15) is 19.0 Å². The van der Waals surface area contributed by atoms with E-state index in [1.54, 1.807) is 23.1 Å². The molecule has 1 atom stereocenters. The summed E-state index contributed by atoms with van der Waals surface area (Å²) < 4.78 is 11.2. The summed E-state index contributed by atoms with van der Waals surface area (Å²) in [4.78, 5) is 28.1. The summed E-state index contributed by atoms with van der Waals surface area (Å²) in [7, 11) is 0. The number of nitrogens with zero attached hydrogens (tertiary/aromatic N) is 1. The lowest BCUT2D eigenvalue weighted by Gasteiger charge is -2.26. The zero-order valence-electron chi connectivity index (χ0n) is 20.4. The van der Waals surface area contributed by atoms with Crippen LogP contribution in [0, 0.1) is 0 Å². The molecule has 2 heterocycles. The van der Waals surface area contributed by atoms with Crippen LogP contribution >= 0.6 is 0 Å². The number of hydrogen-bond acceptors (Lipinski definition) is 5. The molecule has 36 heavy (non-hydrogen) atoms. The minimum atomic E-state index is -0.692. The van der Waals surface area contributed by atoms with Gasteiger partial charge in [-0.1, -0.05) is 68.4 Å². The first-order chi connectivity index (χ1) is 17.4. The van der Waals surface area contributed by atoms with Crippen molar-refractivity contribution in [3.63, 3.8) is 0 Å². The van der Waals surface area contributed by atoms with Gasteiger partial charge in [0.25, 0.3) is 11.7 Å². The number of hydrogen-bond donors (Lipinski definition) is 1. The number of ether oxygens (including phenoxy) is 2. The van der Waals surface area contributed by atoms with Crippen molar-refractivity contribution in [3.05, 3.63) is 101 Å². The lowest BCUT2D eigenvalue weighted by Crippen LogP contribution is -2.31. The number of likely N-dealkylation sites (tertiary alicyclic amines) is 1. The van der Waals surface area contributed by atoms with Gasteiger partial charge in [-0.15, -0.1) is 0 Å². The second kappa shape index (κ2) is 9.90. The Labute approximate surface area is 210 Å². The van der Waals surface area contributed by atoms with E-state index in [-0.39, 0.29) is 11.3 Å². The molecule has 2 aliphatic rings. The van der Waals surface area contributed by atoms with Crippen LogP contribution in [0.5, 0.6) is 11.5 Å². The summed E-state index contributed by atoms with van der Waals surface area (Å²) in [6, 6.07) is 22.1. The van der Waals surface area contributed by atoms with Crippen molar-refractivity contribution in [2.75, 3.05) is 19.8 Å². The number of benzene rings is 3. The third kappa shape index (κ3) is 4.47. The molecule has 0 saturated carbocycles. The van der Waals surface area contributed by atoms with Crippen LogP contribution in [0.1, 0.15) is 48.1 Å². The smallest absolute Gasteiger partial charge is 0.295 e. The van der Waals surface area contributed by atoms with Crippen molar-refractivity contribution in [3.8, 4) is 11.5 Å². The fourth-order valence-corrected chi connectivity index (χ4v) is 4.76. The Kier molecular flexibility index (Phi) is 6.51. The van der Waals surface area contributed by atoms with Gasteiger partial charge in [-0.25, -0.2) is 0 Å². The summed E-state index contributed by atoms with van der Waals surface area (Å²) >= 11 is 0. The lowest BCUT2D eigenvalue weighted by molar-refractivity contribution is -0.139. The lowest BCUT2D eigenvalue weighted by atomic mass is 9.93. The number of rotatable bonds is 6. The molecule has 0 aliphatic carbocycles. The Hall–Kier alpha value is -4.06. The van der Waals surface area contributed by atoms with Crippen molar-refractivity contribution in [2.45, 2.75) is 32.2 Å². The standard InChI is InChI=1S/C30H29NO5/c1-19(2)21-8-10-22(11-9-21)27-26(28(32)23-12-13-24-25(18-23)36-17-16-35-24)29(33)30(34)31(27)15-14-20-6-4-3-5-7-20/h3-13,18-19,27,32H,14-17H2,1-2H3/t27-/m1/s1. The number of aliphatic hydroxyl groups is 1. The Morgan fingerprint density at radius 1 is 0.944 bits per heavy atom. The van der Waals surface area contributed by atoms with Gasteiger partial charge in [-0.05, 0) is 47.2 Å². The van der Waals surface area contributed by atoms with Gasteiger partial charge in [0.05, 0.1) is 11.6 Å². The summed E-state index contributed by atoms with van der Waals surface area (Å²) in [6.07, 6.45) is 0.596. The monoisotopic (exact) mass is 483 g/mol. The molecule has 1 N–H and O–H groups in total. The first-order valence-electron chi connectivity index (χ1n) is 12.3. The number of carbonyl (C=O) groups excluding carboxylic acids is 2. The fourth-order valence-electron chi connectivity index (χ4n) is 4.76. The number of amides is 1. The molecule has 3 aromatic rings. The Balaban J connectivity index is 1.57. The molecule has 6 nitrogen and oxygen atoms in total. The van der Waals surface area contributed by atoms with Gasteiger partial charge < -0.3 is 19.5 Å². The SMILES string of the molecule is CC(C)c1ccc([C@@H]2C(=C(O)c3ccc4c(c3)OCCO4)C(=O)C(=O)N2CCc2ccccc2)cc1. The van der Waals surface area contributed by atoms with E-state index in [9.17, 15) is 14.7 Å². The summed E-state index contributed by atoms with van der Waals surface area (Å²) in [5.41, 5.74) is 3.50. The highest BCUT2D eigenvalue weighted by molar-refractivity contribution is 6.46. The largest absolute Gasteiger partial charge is 0.507 e. The van der Waals surface area contributed by atoms with Crippen molar-refractivity contribution >= 4 is 17.4 Å². The molecule has 1 saturated heterocycles. The van der Waals surface area contributed by atoms with Gasteiger partial charge in [-0.3, -0.25) is 9.59 Å². The zero-order chi connectivity index (χ0) is 25.2. The van der Waals surface area contributed by atoms with Gasteiger partial charge in [0.15, 0.2) is 11.5 Å². The molecule has 0 spiro atoms. The molecule has 1 fully saturated rings. The van der Waals surface area contributed by atoms with Crippen LogP contribution in [0.25, 0.3) is 5.76 Å². The maximum atomic E-state index is 13.3. The van der Waals surface area contributed by atoms with E-state index in [1.807, 2.05) is 54.6 Å². The van der Waals surface area contributed by atoms with Crippen molar-refractivity contribution in [1.29, 1.82) is 0 Å².